The average molecular weight is 542 g/mol. The molecular formula is C32H40FeP2. The second-order valence-electron chi connectivity index (χ2n) is 10.7. The van der Waals surface area contributed by atoms with Gasteiger partial charge in [0.25, 0.3) is 0 Å². The molecule has 0 nitrogen and oxygen atoms in total. The van der Waals surface area contributed by atoms with E-state index in [1.807, 2.05) is 30.7 Å². The van der Waals surface area contributed by atoms with E-state index in [4.69, 9.17) is 0 Å². The predicted octanol–water partition coefficient (Wildman–Crippen LogP) is 8.93. The van der Waals surface area contributed by atoms with Gasteiger partial charge < -0.3 is 0 Å². The molecule has 0 N–H and O–H groups in total. The summed E-state index contributed by atoms with van der Waals surface area (Å²) in [7, 11) is -0.771. The molecule has 3 heteroatoms. The van der Waals surface area contributed by atoms with Gasteiger partial charge in [-0.25, -0.2) is 0 Å². The van der Waals surface area contributed by atoms with E-state index in [0.29, 0.717) is 5.66 Å². The molecule has 0 spiro atoms. The SMILES string of the molecule is C[C@H]([C]1C=CC=C1P(C(C)(C)C)C(C)(C)C)P(c1ccccc1)c1ccccc1.[CH]1C=CC=C1.[Fe]. The fourth-order valence-corrected chi connectivity index (χ4v) is 11.9. The van der Waals surface area contributed by atoms with Crippen LogP contribution in [0.2, 0.25) is 0 Å². The van der Waals surface area contributed by atoms with Crippen molar-refractivity contribution in [3.8, 4) is 0 Å². The second-order valence-corrected chi connectivity index (χ2v) is 17.1. The third-order valence-electron chi connectivity index (χ3n) is 5.87. The molecule has 0 aromatic heterocycles. The van der Waals surface area contributed by atoms with Gasteiger partial charge in [-0.15, -0.1) is 0 Å². The normalized spacial score (nSPS) is 16.2. The van der Waals surface area contributed by atoms with Gasteiger partial charge in [-0.1, -0.05) is 160 Å². The van der Waals surface area contributed by atoms with Crippen molar-refractivity contribution in [1.82, 2.24) is 0 Å². The summed E-state index contributed by atoms with van der Waals surface area (Å²) in [6.45, 7) is 17.0. The number of allylic oxidation sites excluding steroid dienone is 8. The molecule has 35 heavy (non-hydrogen) atoms. The van der Waals surface area contributed by atoms with Crippen molar-refractivity contribution in [1.29, 1.82) is 0 Å². The largest absolute Gasteiger partial charge is 0.0767 e. The molecule has 186 valence electrons. The molecule has 2 aromatic carbocycles. The van der Waals surface area contributed by atoms with E-state index < -0.39 is 7.92 Å². The minimum Gasteiger partial charge on any atom is -0.0767 e. The van der Waals surface area contributed by atoms with Gasteiger partial charge in [0.15, 0.2) is 0 Å². The molecule has 0 amide bonds. The van der Waals surface area contributed by atoms with Crippen molar-refractivity contribution in [2.24, 2.45) is 0 Å². The van der Waals surface area contributed by atoms with E-state index in [1.165, 1.54) is 10.6 Å². The maximum absolute atomic E-state index is 2.45. The zero-order valence-electron chi connectivity index (χ0n) is 22.2. The third-order valence-corrected chi connectivity index (χ3v) is 12.2. The second kappa shape index (κ2) is 13.4. The first-order chi connectivity index (χ1) is 16.1. The zero-order valence-corrected chi connectivity index (χ0v) is 25.1. The summed E-state index contributed by atoms with van der Waals surface area (Å²) < 4.78 is 0. The Hall–Kier alpha value is -1.22. The van der Waals surface area contributed by atoms with E-state index in [0.717, 1.165) is 0 Å². The van der Waals surface area contributed by atoms with Gasteiger partial charge >= 0.3 is 0 Å². The monoisotopic (exact) mass is 542 g/mol. The van der Waals surface area contributed by atoms with E-state index >= 15 is 0 Å². The summed E-state index contributed by atoms with van der Waals surface area (Å²) in [5, 5.41) is 5.08. The van der Waals surface area contributed by atoms with Crippen LogP contribution in [0.25, 0.3) is 0 Å². The van der Waals surface area contributed by atoms with Crippen LogP contribution in [0, 0.1) is 12.3 Å². The molecule has 1 atom stereocenters. The van der Waals surface area contributed by atoms with Crippen molar-refractivity contribution in [3.05, 3.63) is 121 Å². The maximum atomic E-state index is 2.45. The van der Waals surface area contributed by atoms with Crippen molar-refractivity contribution >= 4 is 26.5 Å². The van der Waals surface area contributed by atoms with E-state index in [2.05, 4.69) is 127 Å². The molecule has 0 unspecified atom stereocenters. The molecule has 0 saturated heterocycles. The van der Waals surface area contributed by atoms with Gasteiger partial charge in [0.05, 0.1) is 0 Å². The Kier molecular flexibility index (Phi) is 11.5. The fraction of sp³-hybridized carbons (Fsp3) is 0.312. The van der Waals surface area contributed by atoms with Crippen LogP contribution in [0.15, 0.2) is 109 Å². The summed E-state index contributed by atoms with van der Waals surface area (Å²) in [4.78, 5) is 0. The molecule has 2 radical (unpaired) electrons. The van der Waals surface area contributed by atoms with Gasteiger partial charge in [0.2, 0.25) is 0 Å². The van der Waals surface area contributed by atoms with Crippen LogP contribution in [0.4, 0.5) is 0 Å². The van der Waals surface area contributed by atoms with E-state index in [9.17, 15) is 0 Å². The molecule has 2 aromatic rings. The van der Waals surface area contributed by atoms with E-state index in [-0.39, 0.29) is 35.3 Å². The number of rotatable bonds is 5. The zero-order chi connectivity index (χ0) is 24.8. The minimum atomic E-state index is -0.465. The van der Waals surface area contributed by atoms with Crippen LogP contribution < -0.4 is 10.6 Å². The Bertz CT molecular complexity index is 957. The maximum Gasteiger partial charge on any atom is 0.0349 e. The molecule has 0 aliphatic heterocycles. The Labute approximate surface area is 228 Å². The topological polar surface area (TPSA) is 0 Å². The van der Waals surface area contributed by atoms with Crippen LogP contribution in [0.3, 0.4) is 0 Å². The third kappa shape index (κ3) is 8.14. The Morgan fingerprint density at radius 3 is 1.46 bits per heavy atom. The van der Waals surface area contributed by atoms with Crippen LogP contribution in [0.1, 0.15) is 48.5 Å². The average Bonchev–Trinajstić information content (AvgIpc) is 3.49. The summed E-state index contributed by atoms with van der Waals surface area (Å²) in [6.07, 6.45) is 17.1. The molecule has 2 aliphatic carbocycles. The fourth-order valence-electron chi connectivity index (χ4n) is 4.94. The van der Waals surface area contributed by atoms with Gasteiger partial charge in [-0.05, 0) is 39.8 Å². The summed E-state index contributed by atoms with van der Waals surface area (Å²) in [6, 6.07) is 22.2. The molecule has 0 fully saturated rings. The van der Waals surface area contributed by atoms with Crippen molar-refractivity contribution in [2.75, 3.05) is 0 Å². The van der Waals surface area contributed by atoms with Crippen molar-refractivity contribution < 1.29 is 17.1 Å². The van der Waals surface area contributed by atoms with Gasteiger partial charge in [-0.3, -0.25) is 0 Å². The number of hydrogen-bond donors (Lipinski definition) is 0. The van der Waals surface area contributed by atoms with Crippen molar-refractivity contribution in [3.63, 3.8) is 0 Å². The molecular weight excluding hydrogens is 502 g/mol. The first kappa shape index (κ1) is 30.0. The van der Waals surface area contributed by atoms with Crippen LogP contribution in [-0.2, 0) is 17.1 Å². The summed E-state index contributed by atoms with van der Waals surface area (Å²) in [5.74, 6) is 1.56. The minimum absolute atomic E-state index is 0. The van der Waals surface area contributed by atoms with Crippen molar-refractivity contribution in [2.45, 2.75) is 64.4 Å². The summed E-state index contributed by atoms with van der Waals surface area (Å²) >= 11 is 0. The molecule has 0 heterocycles. The van der Waals surface area contributed by atoms with E-state index in [1.54, 1.807) is 11.2 Å². The molecule has 4 rings (SSSR count). The van der Waals surface area contributed by atoms with Gasteiger partial charge in [0, 0.05) is 29.4 Å². The quantitative estimate of drug-likeness (QED) is 0.261. The predicted molar refractivity (Wildman–Crippen MR) is 158 cm³/mol. The van der Waals surface area contributed by atoms with Crippen LogP contribution >= 0.6 is 15.8 Å². The molecule has 2 aliphatic rings. The smallest absolute Gasteiger partial charge is 0.0349 e. The van der Waals surface area contributed by atoms with Crippen LogP contribution in [0.5, 0.6) is 0 Å². The Morgan fingerprint density at radius 2 is 1.09 bits per heavy atom. The molecule has 0 bridgehead atoms. The molecule has 0 saturated carbocycles. The summed E-state index contributed by atoms with van der Waals surface area (Å²) in [5.41, 5.74) is 0.481. The first-order valence-corrected chi connectivity index (χ1v) is 15.0. The standard InChI is InChI=1S/C27H35P2.C5H5.Fe/c1-21(24-19-14-20-25(24)29(26(2,3)4)27(5,6)7)28(22-15-10-8-11-16-22)23-17-12-9-13-18-23;1-2-4-5-3-1;/h8-21H,1-7H3;1-5H;/t21-;;/m1../s1. The van der Waals surface area contributed by atoms with Crippen LogP contribution in [-0.4, -0.2) is 16.0 Å². The number of hydrogen-bond acceptors (Lipinski definition) is 0. The first-order valence-electron chi connectivity index (χ1n) is 12.2. The van der Waals surface area contributed by atoms with Gasteiger partial charge in [0.1, 0.15) is 0 Å². The number of benzene rings is 2. The van der Waals surface area contributed by atoms with Gasteiger partial charge in [-0.2, -0.15) is 0 Å². The Morgan fingerprint density at radius 1 is 0.629 bits per heavy atom. The Balaban J connectivity index is 0.000000640.